The molecular weight excluding hydrogens is 655 g/mol. The van der Waals surface area contributed by atoms with E-state index in [9.17, 15) is 9.18 Å². The lowest BCUT2D eigenvalue weighted by Gasteiger charge is -2.33. The third kappa shape index (κ3) is 6.81. The molecule has 0 atom stereocenters. The zero-order valence-corrected chi connectivity index (χ0v) is 28.5. The van der Waals surface area contributed by atoms with Gasteiger partial charge in [-0.2, -0.15) is 0 Å². The van der Waals surface area contributed by atoms with Crippen molar-refractivity contribution in [2.75, 3.05) is 65.0 Å². The third-order valence-corrected chi connectivity index (χ3v) is 10.4. The summed E-state index contributed by atoms with van der Waals surface area (Å²) in [6.07, 6.45) is 4.56. The Kier molecular flexibility index (Phi) is 10.4. The first-order valence-electron chi connectivity index (χ1n) is 15.5. The molecule has 9 nitrogen and oxygen atoms in total. The van der Waals surface area contributed by atoms with E-state index in [1.165, 1.54) is 35.9 Å². The van der Waals surface area contributed by atoms with Crippen LogP contribution in [-0.2, 0) is 27.2 Å². The molecule has 1 fully saturated rings. The summed E-state index contributed by atoms with van der Waals surface area (Å²) in [4.78, 5) is 34.6. The average molecular weight is 691 g/mol. The molecule has 48 heavy (non-hydrogen) atoms. The van der Waals surface area contributed by atoms with Crippen LogP contribution in [0.3, 0.4) is 0 Å². The van der Waals surface area contributed by atoms with Gasteiger partial charge in [0.25, 0.3) is 0 Å². The van der Waals surface area contributed by atoms with Crippen LogP contribution in [0.4, 0.5) is 14.6 Å². The van der Waals surface area contributed by atoms with Crippen molar-refractivity contribution in [1.82, 2.24) is 24.8 Å². The van der Waals surface area contributed by atoms with Gasteiger partial charge in [-0.15, -0.1) is 22.7 Å². The van der Waals surface area contributed by atoms with Gasteiger partial charge < -0.3 is 24.2 Å². The van der Waals surface area contributed by atoms with Crippen molar-refractivity contribution in [2.45, 2.75) is 13.0 Å². The molecule has 0 aromatic carbocycles. The highest BCUT2D eigenvalue weighted by molar-refractivity contribution is 7.18. The number of piperazine rings is 1. The van der Waals surface area contributed by atoms with Crippen LogP contribution in [0, 0.1) is 0 Å². The molecule has 13 heteroatoms. The number of aromatic nitrogens is 3. The number of amides is 1. The molecule has 250 valence electrons. The predicted molar refractivity (Wildman–Crippen MR) is 188 cm³/mol. The fourth-order valence-corrected chi connectivity index (χ4v) is 7.91. The Balaban J connectivity index is 1.52. The van der Waals surface area contributed by atoms with Crippen LogP contribution < -0.4 is 4.90 Å². The second-order valence-corrected chi connectivity index (χ2v) is 13.4. The Hall–Kier alpha value is -4.30. The Labute approximate surface area is 286 Å². The number of anilines is 1. The van der Waals surface area contributed by atoms with E-state index in [-0.39, 0.29) is 36.8 Å². The van der Waals surface area contributed by atoms with Crippen LogP contribution in [0.5, 0.6) is 0 Å². The van der Waals surface area contributed by atoms with Crippen molar-refractivity contribution in [2.24, 2.45) is 0 Å². The van der Waals surface area contributed by atoms with E-state index in [0.29, 0.717) is 46.2 Å². The molecule has 0 radical (unpaired) electrons. The monoisotopic (exact) mass is 690 g/mol. The smallest absolute Gasteiger partial charge is 0.246 e. The highest BCUT2D eigenvalue weighted by atomic mass is 32.1. The van der Waals surface area contributed by atoms with E-state index in [1.807, 2.05) is 29.8 Å². The summed E-state index contributed by atoms with van der Waals surface area (Å²) < 4.78 is 41.1. The molecule has 0 aliphatic carbocycles. The highest BCUT2D eigenvalue weighted by Gasteiger charge is 2.29. The maximum Gasteiger partial charge on any atom is 0.246 e. The van der Waals surface area contributed by atoms with Crippen molar-refractivity contribution in [3.05, 3.63) is 89.1 Å². The Bertz CT molecular complexity index is 1890. The van der Waals surface area contributed by atoms with E-state index in [2.05, 4.69) is 30.0 Å². The molecule has 1 amide bonds. The number of ether oxygens (including phenoxy) is 2. The molecule has 0 saturated carbocycles. The van der Waals surface area contributed by atoms with Gasteiger partial charge in [0.05, 0.1) is 36.4 Å². The van der Waals surface area contributed by atoms with Gasteiger partial charge in [-0.05, 0) is 36.7 Å². The zero-order valence-electron chi connectivity index (χ0n) is 26.9. The maximum absolute atomic E-state index is 16.0. The molecule has 0 bridgehead atoms. The highest BCUT2D eigenvalue weighted by Crippen LogP contribution is 2.46. The number of likely N-dealkylation sites (N-methyl/N-ethyl adjacent to an activating group) is 1. The van der Waals surface area contributed by atoms with Crippen molar-refractivity contribution in [1.29, 1.82) is 0 Å². The van der Waals surface area contributed by atoms with E-state index in [4.69, 9.17) is 24.4 Å². The van der Waals surface area contributed by atoms with Gasteiger partial charge in [0.2, 0.25) is 5.91 Å². The third-order valence-electron chi connectivity index (χ3n) is 8.42. The number of fused-ring (bicyclic) bond motifs is 2. The second kappa shape index (κ2) is 14.9. The number of methoxy groups -OCH3 is 1. The van der Waals surface area contributed by atoms with E-state index >= 15 is 4.39 Å². The standard InChI is InChI=1S/C35H36F2N6O3S2/c1-5-29(44)43-12-9-26-27(21-43)48-35(39-26)33-31(30(25(37)8-11-36)22(2)46-18-17-45-4)34-24(10-19-47-34)32(40-33)23-6-7-28(38-20-23)42-15-13-41(3)14-16-42/h5-8,10-11,19-20H,1-2,9,12-18,21H2,3-4H3/b11-8+,30-25-. The number of hydrogen-bond acceptors (Lipinski definition) is 10. The van der Waals surface area contributed by atoms with E-state index in [1.54, 1.807) is 4.90 Å². The quantitative estimate of drug-likeness (QED) is 0.0750. The maximum atomic E-state index is 16.0. The number of pyridine rings is 2. The molecule has 4 aromatic heterocycles. The van der Waals surface area contributed by atoms with Crippen LogP contribution in [-0.4, -0.2) is 90.8 Å². The molecule has 2 aliphatic heterocycles. The van der Waals surface area contributed by atoms with E-state index < -0.39 is 5.83 Å². The van der Waals surface area contributed by atoms with Crippen molar-refractivity contribution >= 4 is 50.1 Å². The second-order valence-electron chi connectivity index (χ2n) is 11.4. The number of nitrogens with zero attached hydrogens (tertiary/aromatic N) is 6. The van der Waals surface area contributed by atoms with Crippen LogP contribution in [0.2, 0.25) is 0 Å². The lowest BCUT2D eigenvalue weighted by molar-refractivity contribution is -0.126. The Morgan fingerprint density at radius 2 is 1.92 bits per heavy atom. The first kappa shape index (κ1) is 33.6. The molecule has 4 aromatic rings. The molecule has 1 saturated heterocycles. The number of carbonyl (C=O) groups is 1. The zero-order chi connectivity index (χ0) is 33.8. The number of thiophene rings is 1. The van der Waals surface area contributed by atoms with Gasteiger partial charge in [0.1, 0.15) is 34.7 Å². The fourth-order valence-electron chi connectivity index (χ4n) is 5.85. The summed E-state index contributed by atoms with van der Waals surface area (Å²) in [6, 6.07) is 5.94. The molecule has 6 rings (SSSR count). The molecule has 6 heterocycles. The minimum Gasteiger partial charge on any atom is -0.491 e. The van der Waals surface area contributed by atoms with Gasteiger partial charge in [-0.3, -0.25) is 4.79 Å². The fraction of sp³-hybridized carbons (Fsp3) is 0.314. The number of rotatable bonds is 11. The number of allylic oxidation sites excluding steroid dienone is 3. The van der Waals surface area contributed by atoms with Gasteiger partial charge in [-0.25, -0.2) is 23.7 Å². The van der Waals surface area contributed by atoms with E-state index in [0.717, 1.165) is 59.6 Å². The minimum absolute atomic E-state index is 0.00965. The largest absolute Gasteiger partial charge is 0.491 e. The lowest BCUT2D eigenvalue weighted by Crippen LogP contribution is -2.44. The first-order chi connectivity index (χ1) is 23.3. The van der Waals surface area contributed by atoms with Crippen molar-refractivity contribution < 1.29 is 23.0 Å². The van der Waals surface area contributed by atoms with Crippen LogP contribution in [0.1, 0.15) is 16.1 Å². The summed E-state index contributed by atoms with van der Waals surface area (Å²) in [5, 5.41) is 3.23. The van der Waals surface area contributed by atoms with Crippen molar-refractivity contribution in [3.8, 4) is 22.0 Å². The molecule has 0 N–H and O–H groups in total. The normalized spacial score (nSPS) is 15.9. The Morgan fingerprint density at radius 3 is 2.62 bits per heavy atom. The van der Waals surface area contributed by atoms with Crippen molar-refractivity contribution in [3.63, 3.8) is 0 Å². The van der Waals surface area contributed by atoms with Gasteiger partial charge in [0.15, 0.2) is 0 Å². The molecule has 0 spiro atoms. The van der Waals surface area contributed by atoms with Crippen LogP contribution in [0.15, 0.2) is 73.0 Å². The number of carbonyl (C=O) groups excluding carboxylic acids is 1. The molecule has 2 aliphatic rings. The van der Waals surface area contributed by atoms with Crippen LogP contribution >= 0.6 is 22.7 Å². The van der Waals surface area contributed by atoms with Gasteiger partial charge >= 0.3 is 0 Å². The van der Waals surface area contributed by atoms with Gasteiger partial charge in [0, 0.05) is 84.6 Å². The Morgan fingerprint density at radius 1 is 1.10 bits per heavy atom. The number of halogens is 2. The molecular formula is C35H36F2N6O3S2. The number of thiazole rings is 1. The lowest BCUT2D eigenvalue weighted by atomic mass is 9.97. The summed E-state index contributed by atoms with van der Waals surface area (Å²) >= 11 is 2.80. The average Bonchev–Trinajstić information content (AvgIpc) is 3.76. The van der Waals surface area contributed by atoms with Gasteiger partial charge in [-0.1, -0.05) is 13.2 Å². The predicted octanol–water partition coefficient (Wildman–Crippen LogP) is 6.64. The summed E-state index contributed by atoms with van der Waals surface area (Å²) in [5.74, 6) is -0.117. The molecule has 0 unspecified atom stereocenters. The first-order valence-corrected chi connectivity index (χ1v) is 17.2. The summed E-state index contributed by atoms with van der Waals surface area (Å²) in [5.41, 5.74) is 3.07. The van der Waals surface area contributed by atoms with Crippen LogP contribution in [0.25, 0.3) is 37.6 Å². The SMILES string of the molecule is C=CC(=O)N1CCc2nc(-c3nc(-c4ccc(N5CCN(C)CC5)nc4)c4ccsc4c3/C(C(=C)OCCOC)=C(F)/C=C/F)sc2C1. The number of hydrogen-bond donors (Lipinski definition) is 0. The minimum atomic E-state index is -0.868. The topological polar surface area (TPSA) is 83.9 Å². The summed E-state index contributed by atoms with van der Waals surface area (Å²) in [6.45, 7) is 12.6. The summed E-state index contributed by atoms with van der Waals surface area (Å²) in [7, 11) is 3.65.